The highest BCUT2D eigenvalue weighted by molar-refractivity contribution is 7.14. The number of anilines is 1. The summed E-state index contributed by atoms with van der Waals surface area (Å²) in [5.41, 5.74) is 1.62. The molecule has 0 amide bonds. The standard InChI is InChI=1S/C9H14N2O3S/c1-2-14-5-3-4-10-8-7(9(12)13)11-6-15-8/h6,10H,2-5H2,1H3,(H,12,13). The molecule has 0 aliphatic heterocycles. The van der Waals surface area contributed by atoms with Crippen LogP contribution in [-0.2, 0) is 4.74 Å². The van der Waals surface area contributed by atoms with Crippen LogP contribution in [0.5, 0.6) is 0 Å². The number of thiazole rings is 1. The Morgan fingerprint density at radius 3 is 3.20 bits per heavy atom. The van der Waals surface area contributed by atoms with E-state index in [1.165, 1.54) is 16.8 Å². The number of aromatic carboxylic acids is 1. The third-order valence-electron chi connectivity index (χ3n) is 1.73. The third kappa shape index (κ3) is 3.85. The van der Waals surface area contributed by atoms with E-state index in [0.29, 0.717) is 24.8 Å². The SMILES string of the molecule is CCOCCCNc1scnc1C(=O)O. The Kier molecular flexibility index (Phi) is 5.06. The molecule has 1 aromatic heterocycles. The Hall–Kier alpha value is -1.14. The van der Waals surface area contributed by atoms with Gasteiger partial charge in [-0.1, -0.05) is 0 Å². The lowest BCUT2D eigenvalue weighted by Crippen LogP contribution is -2.08. The molecule has 0 saturated heterocycles. The van der Waals surface area contributed by atoms with Gasteiger partial charge < -0.3 is 15.2 Å². The highest BCUT2D eigenvalue weighted by Gasteiger charge is 2.12. The van der Waals surface area contributed by atoms with Gasteiger partial charge in [-0.2, -0.15) is 0 Å². The van der Waals surface area contributed by atoms with Crippen LogP contribution in [0.2, 0.25) is 0 Å². The Labute approximate surface area is 92.1 Å². The van der Waals surface area contributed by atoms with E-state index in [-0.39, 0.29) is 5.69 Å². The summed E-state index contributed by atoms with van der Waals surface area (Å²) < 4.78 is 5.16. The molecule has 0 bridgehead atoms. The summed E-state index contributed by atoms with van der Waals surface area (Å²) in [6, 6.07) is 0. The summed E-state index contributed by atoms with van der Waals surface area (Å²) in [4.78, 5) is 14.5. The summed E-state index contributed by atoms with van der Waals surface area (Å²) in [5.74, 6) is -0.997. The Bertz CT molecular complexity index is 314. The number of hydrogen-bond acceptors (Lipinski definition) is 5. The van der Waals surface area contributed by atoms with Gasteiger partial charge in [0.25, 0.3) is 0 Å². The van der Waals surface area contributed by atoms with E-state index in [4.69, 9.17) is 9.84 Å². The molecular formula is C9H14N2O3S. The highest BCUT2D eigenvalue weighted by Crippen LogP contribution is 2.19. The van der Waals surface area contributed by atoms with Gasteiger partial charge in [0.15, 0.2) is 5.69 Å². The van der Waals surface area contributed by atoms with Crippen molar-refractivity contribution in [1.82, 2.24) is 4.98 Å². The Morgan fingerprint density at radius 1 is 1.73 bits per heavy atom. The van der Waals surface area contributed by atoms with E-state index in [2.05, 4.69) is 10.3 Å². The van der Waals surface area contributed by atoms with Crippen molar-refractivity contribution in [2.75, 3.05) is 25.1 Å². The lowest BCUT2D eigenvalue weighted by atomic mass is 10.4. The average Bonchev–Trinajstić information content (AvgIpc) is 2.66. The van der Waals surface area contributed by atoms with Crippen LogP contribution in [0.3, 0.4) is 0 Å². The molecule has 0 aliphatic carbocycles. The average molecular weight is 230 g/mol. The molecule has 1 aromatic rings. The Morgan fingerprint density at radius 2 is 2.53 bits per heavy atom. The minimum atomic E-state index is -0.997. The van der Waals surface area contributed by atoms with Gasteiger partial charge in [-0.05, 0) is 13.3 Å². The molecule has 0 radical (unpaired) electrons. The summed E-state index contributed by atoms with van der Waals surface area (Å²) in [5, 5.41) is 12.4. The molecule has 5 nitrogen and oxygen atoms in total. The first-order chi connectivity index (χ1) is 7.25. The van der Waals surface area contributed by atoms with Crippen molar-refractivity contribution in [1.29, 1.82) is 0 Å². The van der Waals surface area contributed by atoms with Crippen LogP contribution in [0.25, 0.3) is 0 Å². The largest absolute Gasteiger partial charge is 0.476 e. The molecule has 0 spiro atoms. The molecule has 0 atom stereocenters. The fraction of sp³-hybridized carbons (Fsp3) is 0.556. The molecule has 0 saturated carbocycles. The van der Waals surface area contributed by atoms with Crippen molar-refractivity contribution >= 4 is 22.3 Å². The number of hydrogen-bond donors (Lipinski definition) is 2. The fourth-order valence-electron chi connectivity index (χ4n) is 1.04. The Balaban J connectivity index is 2.31. The number of carbonyl (C=O) groups is 1. The third-order valence-corrected chi connectivity index (χ3v) is 2.51. The van der Waals surface area contributed by atoms with Crippen LogP contribution in [0.15, 0.2) is 5.51 Å². The van der Waals surface area contributed by atoms with Crippen molar-refractivity contribution in [2.24, 2.45) is 0 Å². The normalized spacial score (nSPS) is 10.2. The van der Waals surface area contributed by atoms with Crippen LogP contribution in [-0.4, -0.2) is 35.8 Å². The second-order valence-electron chi connectivity index (χ2n) is 2.81. The molecule has 1 heterocycles. The first-order valence-electron chi connectivity index (χ1n) is 4.74. The zero-order valence-corrected chi connectivity index (χ0v) is 9.34. The van der Waals surface area contributed by atoms with Gasteiger partial charge in [-0.3, -0.25) is 0 Å². The number of nitrogens with one attached hydrogen (secondary N) is 1. The lowest BCUT2D eigenvalue weighted by Gasteiger charge is -2.04. The number of carboxylic acids is 1. The van der Waals surface area contributed by atoms with Gasteiger partial charge in [0, 0.05) is 19.8 Å². The van der Waals surface area contributed by atoms with E-state index >= 15 is 0 Å². The zero-order chi connectivity index (χ0) is 11.1. The van der Waals surface area contributed by atoms with Crippen molar-refractivity contribution in [3.8, 4) is 0 Å². The van der Waals surface area contributed by atoms with E-state index in [0.717, 1.165) is 6.42 Å². The predicted octanol–water partition coefficient (Wildman–Crippen LogP) is 1.68. The minimum Gasteiger partial charge on any atom is -0.476 e. The molecule has 2 N–H and O–H groups in total. The highest BCUT2D eigenvalue weighted by atomic mass is 32.1. The number of ether oxygens (including phenoxy) is 1. The maximum atomic E-state index is 10.7. The summed E-state index contributed by atoms with van der Waals surface area (Å²) >= 11 is 1.30. The van der Waals surface area contributed by atoms with Crippen LogP contribution < -0.4 is 5.32 Å². The molecule has 0 unspecified atom stereocenters. The molecule has 15 heavy (non-hydrogen) atoms. The monoisotopic (exact) mass is 230 g/mol. The van der Waals surface area contributed by atoms with Crippen LogP contribution in [0.4, 0.5) is 5.00 Å². The summed E-state index contributed by atoms with van der Waals surface area (Å²) in [6.45, 7) is 4.03. The van der Waals surface area contributed by atoms with Gasteiger partial charge in [0.2, 0.25) is 0 Å². The molecule has 0 aliphatic rings. The van der Waals surface area contributed by atoms with E-state index < -0.39 is 5.97 Å². The van der Waals surface area contributed by atoms with E-state index in [1.807, 2.05) is 6.92 Å². The molecule has 1 rings (SSSR count). The zero-order valence-electron chi connectivity index (χ0n) is 8.52. The first-order valence-corrected chi connectivity index (χ1v) is 5.62. The molecular weight excluding hydrogens is 216 g/mol. The topological polar surface area (TPSA) is 71.5 Å². The quantitative estimate of drug-likeness (QED) is 0.697. The molecule has 0 aromatic carbocycles. The van der Waals surface area contributed by atoms with Crippen LogP contribution >= 0.6 is 11.3 Å². The second-order valence-corrected chi connectivity index (χ2v) is 3.67. The van der Waals surface area contributed by atoms with Gasteiger partial charge in [0.1, 0.15) is 5.00 Å². The van der Waals surface area contributed by atoms with Crippen molar-refractivity contribution in [3.05, 3.63) is 11.2 Å². The van der Waals surface area contributed by atoms with Crippen molar-refractivity contribution in [2.45, 2.75) is 13.3 Å². The number of nitrogens with zero attached hydrogens (tertiary/aromatic N) is 1. The number of carboxylic acid groups (broad SMARTS) is 1. The second kappa shape index (κ2) is 6.36. The van der Waals surface area contributed by atoms with Crippen molar-refractivity contribution < 1.29 is 14.6 Å². The van der Waals surface area contributed by atoms with Gasteiger partial charge >= 0.3 is 5.97 Å². The summed E-state index contributed by atoms with van der Waals surface area (Å²) in [7, 11) is 0. The first kappa shape index (κ1) is 11.9. The van der Waals surface area contributed by atoms with Gasteiger partial charge in [0.05, 0.1) is 5.51 Å². The maximum absolute atomic E-state index is 10.7. The van der Waals surface area contributed by atoms with Gasteiger partial charge in [-0.25, -0.2) is 9.78 Å². The summed E-state index contributed by atoms with van der Waals surface area (Å²) in [6.07, 6.45) is 0.852. The lowest BCUT2D eigenvalue weighted by molar-refractivity contribution is 0.0692. The van der Waals surface area contributed by atoms with Crippen molar-refractivity contribution in [3.63, 3.8) is 0 Å². The van der Waals surface area contributed by atoms with Crippen LogP contribution in [0, 0.1) is 0 Å². The molecule has 0 fully saturated rings. The molecule has 6 heteroatoms. The minimum absolute atomic E-state index is 0.0939. The predicted molar refractivity (Wildman–Crippen MR) is 58.7 cm³/mol. The fourth-order valence-corrected chi connectivity index (χ4v) is 1.74. The number of rotatable bonds is 7. The smallest absolute Gasteiger partial charge is 0.357 e. The number of aromatic nitrogens is 1. The van der Waals surface area contributed by atoms with E-state index in [1.54, 1.807) is 0 Å². The van der Waals surface area contributed by atoms with Gasteiger partial charge in [-0.15, -0.1) is 11.3 Å². The molecule has 84 valence electrons. The van der Waals surface area contributed by atoms with Crippen LogP contribution in [0.1, 0.15) is 23.8 Å². The van der Waals surface area contributed by atoms with E-state index in [9.17, 15) is 4.79 Å². The maximum Gasteiger partial charge on any atom is 0.357 e.